The van der Waals surface area contributed by atoms with E-state index in [1.807, 2.05) is 79.1 Å². The molecule has 0 saturated heterocycles. The summed E-state index contributed by atoms with van der Waals surface area (Å²) in [4.78, 5) is 53.9. The van der Waals surface area contributed by atoms with Gasteiger partial charge in [-0.3, -0.25) is 9.59 Å². The maximum absolute atomic E-state index is 14.4. The summed E-state index contributed by atoms with van der Waals surface area (Å²) in [5, 5.41) is 31.6. The van der Waals surface area contributed by atoms with Gasteiger partial charge in [-0.2, -0.15) is 0 Å². The van der Waals surface area contributed by atoms with Gasteiger partial charge in [0.2, 0.25) is 5.91 Å². The molecule has 4 aromatic carbocycles. The number of carbonyl (C=O) groups is 4. The third-order valence-corrected chi connectivity index (χ3v) is 11.9. The van der Waals surface area contributed by atoms with Crippen molar-refractivity contribution in [3.05, 3.63) is 159 Å². The third kappa shape index (κ3) is 12.3. The number of benzene rings is 4. The number of aliphatic hydroxyl groups excluding tert-OH is 2. The second-order valence-corrected chi connectivity index (χ2v) is 17.1. The maximum atomic E-state index is 14.4. The highest BCUT2D eigenvalue weighted by atomic mass is 35.5. The van der Waals surface area contributed by atoms with Gasteiger partial charge in [0.05, 0.1) is 79.6 Å². The molecular weight excluding hydrogens is 891 g/mol. The van der Waals surface area contributed by atoms with E-state index in [9.17, 15) is 33.8 Å². The van der Waals surface area contributed by atoms with Crippen LogP contribution >= 0.6 is 11.6 Å². The molecule has 358 valence electrons. The van der Waals surface area contributed by atoms with Gasteiger partial charge < -0.3 is 44.9 Å². The van der Waals surface area contributed by atoms with E-state index in [1.165, 1.54) is 19.2 Å². The Bertz CT molecular complexity index is 2630. The summed E-state index contributed by atoms with van der Waals surface area (Å²) in [7, 11) is 1.25. The predicted octanol–water partition coefficient (Wildman–Crippen LogP) is 8.67. The molecular formula is C53H58ClFN4O9. The van der Waals surface area contributed by atoms with Crippen LogP contribution in [0.25, 0.3) is 22.4 Å². The van der Waals surface area contributed by atoms with Crippen LogP contribution in [-0.4, -0.2) is 84.2 Å². The lowest BCUT2D eigenvalue weighted by Gasteiger charge is -2.31. The van der Waals surface area contributed by atoms with E-state index in [2.05, 4.69) is 16.0 Å². The molecule has 5 aromatic rings. The number of aromatic nitrogens is 1. The van der Waals surface area contributed by atoms with Crippen molar-refractivity contribution < 1.29 is 48.0 Å². The second-order valence-electron chi connectivity index (χ2n) is 16.6. The molecule has 6 rings (SSSR count). The number of halogens is 2. The van der Waals surface area contributed by atoms with Crippen molar-refractivity contribution in [2.45, 2.75) is 77.5 Å². The number of methoxy groups -OCH3 is 1. The van der Waals surface area contributed by atoms with Crippen molar-refractivity contribution in [2.24, 2.45) is 0 Å². The number of aliphatic hydroxyl groups is 2. The van der Waals surface area contributed by atoms with Crippen LogP contribution in [0.3, 0.4) is 0 Å². The van der Waals surface area contributed by atoms with E-state index in [4.69, 9.17) is 25.8 Å². The topological polar surface area (TPSA) is 177 Å². The SMILES string of the molecule is CCOC(=O)C1=C(COCCNC(=O)C[C@H](O)C[C@H](O)CCn2c(-c3ccc(F)cc3)c(-c3ccccc3)c(C(=O)Nc3ccccc3)c2C(C)C)NC(C)=C(C(=O)OC)[C@@H]1c1ccccc1Cl. The number of nitrogens with one attached hydrogen (secondary N) is 3. The minimum Gasteiger partial charge on any atom is -0.466 e. The average Bonchev–Trinajstić information content (AvgIpc) is 3.67. The van der Waals surface area contributed by atoms with Gasteiger partial charge in [0.1, 0.15) is 5.82 Å². The fourth-order valence-corrected chi connectivity index (χ4v) is 8.83. The summed E-state index contributed by atoms with van der Waals surface area (Å²) in [5.74, 6) is -3.60. The van der Waals surface area contributed by atoms with Crippen LogP contribution < -0.4 is 16.0 Å². The second kappa shape index (κ2) is 23.9. The molecule has 3 atom stereocenters. The molecule has 13 nitrogen and oxygen atoms in total. The van der Waals surface area contributed by atoms with Crippen LogP contribution in [0.5, 0.6) is 0 Å². The molecule has 0 aliphatic carbocycles. The highest BCUT2D eigenvalue weighted by molar-refractivity contribution is 6.31. The first kappa shape index (κ1) is 50.8. The Morgan fingerprint density at radius 1 is 0.853 bits per heavy atom. The van der Waals surface area contributed by atoms with Crippen molar-refractivity contribution in [1.82, 2.24) is 15.2 Å². The van der Waals surface area contributed by atoms with Crippen LogP contribution in [0.15, 0.2) is 132 Å². The Kier molecular flexibility index (Phi) is 17.9. The third-order valence-electron chi connectivity index (χ3n) is 11.5. The van der Waals surface area contributed by atoms with Gasteiger partial charge in [0, 0.05) is 40.8 Å². The van der Waals surface area contributed by atoms with E-state index in [0.717, 1.165) is 11.3 Å². The molecule has 0 spiro atoms. The van der Waals surface area contributed by atoms with Crippen molar-refractivity contribution in [2.75, 3.05) is 38.8 Å². The summed E-state index contributed by atoms with van der Waals surface area (Å²) in [6.07, 6.45) is -2.46. The Morgan fingerprint density at radius 2 is 1.51 bits per heavy atom. The normalized spacial score (nSPS) is 14.6. The molecule has 1 aromatic heterocycles. The van der Waals surface area contributed by atoms with Gasteiger partial charge in [-0.15, -0.1) is 0 Å². The maximum Gasteiger partial charge on any atom is 0.336 e. The predicted molar refractivity (Wildman–Crippen MR) is 259 cm³/mol. The minimum atomic E-state index is -1.19. The molecule has 0 unspecified atom stereocenters. The van der Waals surface area contributed by atoms with E-state index in [1.54, 1.807) is 50.2 Å². The van der Waals surface area contributed by atoms with Gasteiger partial charge in [0.25, 0.3) is 5.91 Å². The summed E-state index contributed by atoms with van der Waals surface area (Å²) < 4.78 is 32.7. The number of anilines is 1. The van der Waals surface area contributed by atoms with Gasteiger partial charge in [-0.25, -0.2) is 14.0 Å². The lowest BCUT2D eigenvalue weighted by Crippen LogP contribution is -2.35. The van der Waals surface area contributed by atoms with Crippen LogP contribution in [0.2, 0.25) is 5.02 Å². The Labute approximate surface area is 401 Å². The zero-order valence-corrected chi connectivity index (χ0v) is 39.6. The van der Waals surface area contributed by atoms with E-state index >= 15 is 0 Å². The van der Waals surface area contributed by atoms with Crippen molar-refractivity contribution in [3.63, 3.8) is 0 Å². The zero-order chi connectivity index (χ0) is 48.9. The molecule has 68 heavy (non-hydrogen) atoms. The molecule has 0 fully saturated rings. The first-order chi connectivity index (χ1) is 32.7. The summed E-state index contributed by atoms with van der Waals surface area (Å²) >= 11 is 6.60. The number of hydrogen-bond donors (Lipinski definition) is 5. The van der Waals surface area contributed by atoms with E-state index < -0.39 is 41.8 Å². The molecule has 15 heteroatoms. The summed E-state index contributed by atoms with van der Waals surface area (Å²) in [6.45, 7) is 7.61. The highest BCUT2D eigenvalue weighted by Gasteiger charge is 2.40. The molecule has 2 amide bonds. The average molecular weight is 950 g/mol. The fourth-order valence-electron chi connectivity index (χ4n) is 8.59. The summed E-state index contributed by atoms with van der Waals surface area (Å²) in [6, 6.07) is 31.6. The number of allylic oxidation sites excluding steroid dienone is 1. The molecule has 1 aliphatic rings. The number of para-hydroxylation sites is 1. The van der Waals surface area contributed by atoms with Crippen LogP contribution in [-0.2, 0) is 35.1 Å². The lowest BCUT2D eigenvalue weighted by atomic mass is 9.80. The largest absolute Gasteiger partial charge is 0.466 e. The van der Waals surface area contributed by atoms with Crippen molar-refractivity contribution in [1.29, 1.82) is 0 Å². The first-order valence-electron chi connectivity index (χ1n) is 22.6. The van der Waals surface area contributed by atoms with Gasteiger partial charge in [-0.1, -0.05) is 92.2 Å². The molecule has 5 N–H and O–H groups in total. The number of esters is 2. The Morgan fingerprint density at radius 3 is 2.16 bits per heavy atom. The van der Waals surface area contributed by atoms with Crippen LogP contribution in [0.1, 0.15) is 80.4 Å². The number of hydrogen-bond acceptors (Lipinski definition) is 10. The molecule has 1 aliphatic heterocycles. The number of rotatable bonds is 21. The van der Waals surface area contributed by atoms with Gasteiger partial charge in [-0.05, 0) is 91.8 Å². The monoisotopic (exact) mass is 948 g/mol. The number of carbonyl (C=O) groups excluding carboxylic acids is 4. The number of amides is 2. The number of ether oxygens (including phenoxy) is 3. The van der Waals surface area contributed by atoms with Crippen LogP contribution in [0.4, 0.5) is 10.1 Å². The first-order valence-corrected chi connectivity index (χ1v) is 23.0. The molecule has 0 saturated carbocycles. The standard InChI is InChI=1S/C53H58ClFN4O9/c1-6-68-53(65)47-42(57-33(4)44(52(64)66-5)46(47)40-19-13-14-20-41(40)54)31-67-28-26-56-43(62)30-39(61)29-38(60)25-27-59-49(32(2)3)48(51(63)58-37-17-11-8-12-18-37)45(34-15-9-7-10-16-34)50(59)35-21-23-36(55)24-22-35/h7-24,32,38-39,46,57,60-61H,6,25-31H2,1-5H3,(H,56,62)(H,58,63)/t38-,39-,46+/m1/s1. The summed E-state index contributed by atoms with van der Waals surface area (Å²) in [5.41, 5.74) is 6.21. The van der Waals surface area contributed by atoms with Gasteiger partial charge in [0.15, 0.2) is 0 Å². The number of dihydropyridines is 1. The fraction of sp³-hybridized carbons (Fsp3) is 0.321. The smallest absolute Gasteiger partial charge is 0.336 e. The van der Waals surface area contributed by atoms with E-state index in [-0.39, 0.29) is 75.1 Å². The number of nitrogens with zero attached hydrogens (tertiary/aromatic N) is 1. The van der Waals surface area contributed by atoms with Gasteiger partial charge >= 0.3 is 11.9 Å². The zero-order valence-electron chi connectivity index (χ0n) is 38.8. The van der Waals surface area contributed by atoms with E-state index in [0.29, 0.717) is 50.1 Å². The molecule has 0 radical (unpaired) electrons. The molecule has 0 bridgehead atoms. The highest BCUT2D eigenvalue weighted by Crippen LogP contribution is 2.44. The minimum absolute atomic E-state index is 0.0247. The van der Waals surface area contributed by atoms with Crippen LogP contribution in [0, 0.1) is 5.82 Å². The van der Waals surface area contributed by atoms with Crippen molar-refractivity contribution >= 4 is 41.0 Å². The van der Waals surface area contributed by atoms with Crippen molar-refractivity contribution in [3.8, 4) is 22.4 Å². The Balaban J connectivity index is 1.12. The lowest BCUT2D eigenvalue weighted by molar-refractivity contribution is -0.139. The quantitative estimate of drug-likeness (QED) is 0.0353. The Hall–Kier alpha value is -6.58. The molecule has 2 heterocycles.